The molecule has 0 bridgehead atoms. The first-order chi connectivity index (χ1) is 8.04. The van der Waals surface area contributed by atoms with E-state index in [0.29, 0.717) is 17.8 Å². The average Bonchev–Trinajstić information content (AvgIpc) is 2.35. The van der Waals surface area contributed by atoms with Gasteiger partial charge in [0.05, 0.1) is 6.54 Å². The second-order valence-electron chi connectivity index (χ2n) is 3.41. The predicted octanol–water partition coefficient (Wildman–Crippen LogP) is 0.364. The normalized spacial score (nSPS) is 11.4. The predicted molar refractivity (Wildman–Crippen MR) is 59.7 cm³/mol. The molecule has 0 atom stereocenters. The van der Waals surface area contributed by atoms with E-state index in [4.69, 9.17) is 10.9 Å². The van der Waals surface area contributed by atoms with E-state index in [-0.39, 0.29) is 5.82 Å². The molecule has 0 aromatic carbocycles. The van der Waals surface area contributed by atoms with E-state index in [1.807, 2.05) is 6.92 Å². The van der Waals surface area contributed by atoms with Crippen molar-refractivity contribution in [2.75, 3.05) is 23.9 Å². The molecule has 6 nitrogen and oxygen atoms in total. The minimum atomic E-state index is -3.19. The number of rotatable bonds is 6. The Kier molecular flexibility index (Phi) is 4.53. The Morgan fingerprint density at radius 2 is 2.06 bits per heavy atom. The van der Waals surface area contributed by atoms with Gasteiger partial charge in [-0.3, -0.25) is 0 Å². The molecular weight excluding hydrogens is 232 g/mol. The third-order valence-corrected chi connectivity index (χ3v) is 2.18. The number of hydrogen-bond donors (Lipinski definition) is 4. The molecule has 8 heteroatoms. The minimum absolute atomic E-state index is 0.281. The van der Waals surface area contributed by atoms with Gasteiger partial charge in [-0.1, -0.05) is 6.92 Å². The van der Waals surface area contributed by atoms with Crippen molar-refractivity contribution in [3.8, 4) is 0 Å². The molecule has 0 aliphatic rings. The van der Waals surface area contributed by atoms with Crippen LogP contribution in [0.25, 0.3) is 0 Å². The van der Waals surface area contributed by atoms with Crippen LogP contribution in [0.3, 0.4) is 0 Å². The fraction of sp³-hybridized carbons (Fsp3) is 0.556. The summed E-state index contributed by atoms with van der Waals surface area (Å²) >= 11 is 0. The van der Waals surface area contributed by atoms with Crippen molar-refractivity contribution in [2.45, 2.75) is 19.3 Å². The van der Waals surface area contributed by atoms with E-state index in [9.17, 15) is 8.78 Å². The maximum atomic E-state index is 12.9. The molecule has 0 amide bonds. The van der Waals surface area contributed by atoms with Crippen LogP contribution < -0.4 is 16.6 Å². The summed E-state index contributed by atoms with van der Waals surface area (Å²) in [6.07, 6.45) is 1.75. The third kappa shape index (κ3) is 3.46. The SMILES string of the molecule is CCc1c(NN)ncnc1NCC(F)(F)CO. The van der Waals surface area contributed by atoms with Gasteiger partial charge in [0.25, 0.3) is 5.92 Å². The van der Waals surface area contributed by atoms with Gasteiger partial charge in [0.2, 0.25) is 0 Å². The van der Waals surface area contributed by atoms with Crippen LogP contribution in [0.2, 0.25) is 0 Å². The Bertz CT molecular complexity index is 374. The number of nitrogens with two attached hydrogens (primary N) is 1. The standard InChI is InChI=1S/C9H15F2N5O/c1-2-6-7(13-3-9(10,11)4-17)14-5-15-8(6)16-12/h5,17H,2-4,12H2,1H3,(H2,13,14,15,16). The maximum Gasteiger partial charge on any atom is 0.287 e. The number of nitrogens with one attached hydrogen (secondary N) is 2. The number of alkyl halides is 2. The zero-order valence-electron chi connectivity index (χ0n) is 9.37. The molecule has 1 rings (SSSR count). The van der Waals surface area contributed by atoms with Crippen molar-refractivity contribution in [1.82, 2.24) is 9.97 Å². The molecule has 0 spiro atoms. The van der Waals surface area contributed by atoms with Crippen molar-refractivity contribution < 1.29 is 13.9 Å². The summed E-state index contributed by atoms with van der Waals surface area (Å²) in [6, 6.07) is 0. The molecule has 5 N–H and O–H groups in total. The second-order valence-corrected chi connectivity index (χ2v) is 3.41. The van der Waals surface area contributed by atoms with Crippen molar-refractivity contribution in [3.63, 3.8) is 0 Å². The average molecular weight is 247 g/mol. The number of aromatic nitrogens is 2. The first-order valence-corrected chi connectivity index (χ1v) is 5.07. The van der Waals surface area contributed by atoms with E-state index in [1.165, 1.54) is 6.33 Å². The molecule has 1 aromatic rings. The highest BCUT2D eigenvalue weighted by molar-refractivity contribution is 5.56. The second kappa shape index (κ2) is 5.69. The monoisotopic (exact) mass is 247 g/mol. The molecule has 0 radical (unpaired) electrons. The smallest absolute Gasteiger partial charge is 0.287 e. The summed E-state index contributed by atoms with van der Waals surface area (Å²) in [5, 5.41) is 10.9. The van der Waals surface area contributed by atoms with Crippen LogP contribution >= 0.6 is 0 Å². The zero-order valence-corrected chi connectivity index (χ0v) is 9.37. The van der Waals surface area contributed by atoms with Crippen molar-refractivity contribution in [2.24, 2.45) is 5.84 Å². The Morgan fingerprint density at radius 1 is 1.41 bits per heavy atom. The number of hydrogen-bond acceptors (Lipinski definition) is 6. The Hall–Kier alpha value is -1.54. The van der Waals surface area contributed by atoms with Gasteiger partial charge in [-0.25, -0.2) is 24.6 Å². The highest BCUT2D eigenvalue weighted by Gasteiger charge is 2.27. The number of nitrogen functional groups attached to an aromatic ring is 1. The topological polar surface area (TPSA) is 96.1 Å². The van der Waals surface area contributed by atoms with Gasteiger partial charge in [-0.2, -0.15) is 0 Å². The van der Waals surface area contributed by atoms with E-state index in [1.54, 1.807) is 0 Å². The summed E-state index contributed by atoms with van der Waals surface area (Å²) in [5.41, 5.74) is 2.98. The van der Waals surface area contributed by atoms with Gasteiger partial charge in [-0.15, -0.1) is 0 Å². The fourth-order valence-electron chi connectivity index (χ4n) is 1.29. The van der Waals surface area contributed by atoms with Crippen LogP contribution in [-0.2, 0) is 6.42 Å². The maximum absolute atomic E-state index is 12.9. The highest BCUT2D eigenvalue weighted by atomic mass is 19.3. The summed E-state index contributed by atoms with van der Waals surface area (Å²) in [5.74, 6) is 2.73. The Labute approximate surface area is 97.2 Å². The van der Waals surface area contributed by atoms with E-state index in [0.717, 1.165) is 0 Å². The van der Waals surface area contributed by atoms with Gasteiger partial charge in [0.1, 0.15) is 24.6 Å². The van der Waals surface area contributed by atoms with E-state index in [2.05, 4.69) is 20.7 Å². The number of hydrazine groups is 1. The molecule has 0 saturated carbocycles. The van der Waals surface area contributed by atoms with Crippen molar-refractivity contribution >= 4 is 11.6 Å². The summed E-state index contributed by atoms with van der Waals surface area (Å²) in [4.78, 5) is 7.73. The van der Waals surface area contributed by atoms with Gasteiger partial charge < -0.3 is 15.8 Å². The third-order valence-electron chi connectivity index (χ3n) is 2.18. The van der Waals surface area contributed by atoms with E-state index < -0.39 is 19.1 Å². The van der Waals surface area contributed by atoms with Gasteiger partial charge in [0, 0.05) is 5.56 Å². The molecule has 1 aromatic heterocycles. The van der Waals surface area contributed by atoms with E-state index >= 15 is 0 Å². The van der Waals surface area contributed by atoms with Crippen LogP contribution in [0.5, 0.6) is 0 Å². The van der Waals surface area contributed by atoms with Gasteiger partial charge >= 0.3 is 0 Å². The van der Waals surface area contributed by atoms with Crippen LogP contribution in [0, 0.1) is 0 Å². The Morgan fingerprint density at radius 3 is 2.59 bits per heavy atom. The van der Waals surface area contributed by atoms with Crippen molar-refractivity contribution in [3.05, 3.63) is 11.9 Å². The van der Waals surface area contributed by atoms with Gasteiger partial charge in [0.15, 0.2) is 0 Å². The molecule has 96 valence electrons. The lowest BCUT2D eigenvalue weighted by molar-refractivity contribution is -0.0373. The zero-order chi connectivity index (χ0) is 12.9. The van der Waals surface area contributed by atoms with Crippen molar-refractivity contribution in [1.29, 1.82) is 0 Å². The molecule has 0 saturated heterocycles. The minimum Gasteiger partial charge on any atom is -0.390 e. The summed E-state index contributed by atoms with van der Waals surface area (Å²) < 4.78 is 25.7. The van der Waals surface area contributed by atoms with Crippen LogP contribution in [0.4, 0.5) is 20.4 Å². The fourth-order valence-corrected chi connectivity index (χ4v) is 1.29. The number of anilines is 2. The number of halogens is 2. The largest absolute Gasteiger partial charge is 0.390 e. The quantitative estimate of drug-likeness (QED) is 0.428. The highest BCUT2D eigenvalue weighted by Crippen LogP contribution is 2.21. The lowest BCUT2D eigenvalue weighted by atomic mass is 10.2. The lowest BCUT2D eigenvalue weighted by Crippen LogP contribution is -2.31. The van der Waals surface area contributed by atoms with Gasteiger partial charge in [-0.05, 0) is 6.42 Å². The number of aliphatic hydroxyl groups excluding tert-OH is 1. The molecule has 0 aliphatic carbocycles. The first kappa shape index (κ1) is 13.5. The van der Waals surface area contributed by atoms with Crippen LogP contribution in [-0.4, -0.2) is 34.1 Å². The number of aliphatic hydroxyl groups is 1. The molecule has 0 fully saturated rings. The number of nitrogens with zero attached hydrogens (tertiary/aromatic N) is 2. The molecule has 0 unspecified atom stereocenters. The molecular formula is C9H15F2N5O. The molecule has 0 aliphatic heterocycles. The Balaban J connectivity index is 2.84. The lowest BCUT2D eigenvalue weighted by Gasteiger charge is -2.17. The summed E-state index contributed by atoms with van der Waals surface area (Å²) in [6.45, 7) is -0.0824. The first-order valence-electron chi connectivity index (χ1n) is 5.07. The van der Waals surface area contributed by atoms with Crippen LogP contribution in [0.1, 0.15) is 12.5 Å². The summed E-state index contributed by atoms with van der Waals surface area (Å²) in [7, 11) is 0. The molecule has 17 heavy (non-hydrogen) atoms. The molecule has 1 heterocycles. The van der Waals surface area contributed by atoms with Crippen LogP contribution in [0.15, 0.2) is 6.33 Å².